The lowest BCUT2D eigenvalue weighted by Gasteiger charge is -2.25. The number of amides is 1. The standard InChI is InChI=1S/C69H129N2O6P/c1-6-8-10-12-14-16-18-20-22-24-26-27-28-29-30-31-32-33-34-35-36-37-38-39-40-41-42-43-45-47-49-51-53-55-57-59-61-63-69(73)70-67(66-77-78(74,75)76-65-64-71(3,4)5)68(72)62-60-58-56-54-52-50-48-46-44-25-23-21-19-17-15-13-11-9-7-2/h18,20,24,26,28-29,44,46,52,54,60,62,67-68,72H,6-17,19,21-23,25,27,30-43,45,47-51,53,55-59,61,63-66H2,1-5H3,(H-,70,73,74,75)/p+1/b20-18-,26-24-,29-28-,46-44+,54-52+,62-60+. The van der Waals surface area contributed by atoms with Gasteiger partial charge in [0.05, 0.1) is 39.9 Å². The van der Waals surface area contributed by atoms with E-state index in [0.717, 1.165) is 57.8 Å². The Morgan fingerprint density at radius 2 is 0.744 bits per heavy atom. The lowest BCUT2D eigenvalue weighted by molar-refractivity contribution is -0.870. The summed E-state index contributed by atoms with van der Waals surface area (Å²) in [6.07, 6.45) is 83.3. The first-order chi connectivity index (χ1) is 38.0. The molecule has 3 N–H and O–H groups in total. The lowest BCUT2D eigenvalue weighted by Crippen LogP contribution is -2.45. The van der Waals surface area contributed by atoms with E-state index in [-0.39, 0.29) is 19.1 Å². The molecule has 0 bridgehead atoms. The normalized spacial score (nSPS) is 14.2. The highest BCUT2D eigenvalue weighted by Crippen LogP contribution is 2.43. The van der Waals surface area contributed by atoms with Crippen LogP contribution >= 0.6 is 7.82 Å². The Balaban J connectivity index is 4.03. The van der Waals surface area contributed by atoms with Gasteiger partial charge in [-0.25, -0.2) is 4.57 Å². The number of phosphoric acid groups is 1. The molecular weight excluding hydrogens is 984 g/mol. The van der Waals surface area contributed by atoms with E-state index in [0.29, 0.717) is 17.4 Å². The first-order valence-corrected chi connectivity index (χ1v) is 34.8. The highest BCUT2D eigenvalue weighted by Gasteiger charge is 2.28. The molecule has 0 aliphatic heterocycles. The molecule has 456 valence electrons. The minimum Gasteiger partial charge on any atom is -0.387 e. The van der Waals surface area contributed by atoms with Crippen LogP contribution in [0.25, 0.3) is 0 Å². The molecule has 9 heteroatoms. The number of quaternary nitrogens is 1. The van der Waals surface area contributed by atoms with Crippen molar-refractivity contribution in [2.45, 2.75) is 321 Å². The van der Waals surface area contributed by atoms with Gasteiger partial charge < -0.3 is 19.8 Å². The molecule has 0 aromatic rings. The van der Waals surface area contributed by atoms with Crippen molar-refractivity contribution in [1.82, 2.24) is 5.32 Å². The second kappa shape index (κ2) is 59.6. The van der Waals surface area contributed by atoms with Gasteiger partial charge in [0.1, 0.15) is 13.2 Å². The molecule has 0 radical (unpaired) electrons. The minimum absolute atomic E-state index is 0.0530. The maximum atomic E-state index is 13.0. The van der Waals surface area contributed by atoms with Crippen molar-refractivity contribution in [3.63, 3.8) is 0 Å². The van der Waals surface area contributed by atoms with Crippen LogP contribution in [0.15, 0.2) is 72.9 Å². The number of carbonyl (C=O) groups is 1. The summed E-state index contributed by atoms with van der Waals surface area (Å²) in [4.78, 5) is 23.4. The number of carbonyl (C=O) groups excluding carboxylic acids is 1. The van der Waals surface area contributed by atoms with Gasteiger partial charge in [0.25, 0.3) is 0 Å². The van der Waals surface area contributed by atoms with E-state index in [1.807, 2.05) is 27.2 Å². The zero-order chi connectivity index (χ0) is 57.0. The van der Waals surface area contributed by atoms with Crippen molar-refractivity contribution in [2.24, 2.45) is 0 Å². The van der Waals surface area contributed by atoms with Gasteiger partial charge in [0.2, 0.25) is 5.91 Å². The molecular formula is C69H130N2O6P+. The summed E-state index contributed by atoms with van der Waals surface area (Å²) in [5.74, 6) is -0.188. The number of unbranched alkanes of at least 4 members (excludes halogenated alkanes) is 38. The number of nitrogens with one attached hydrogen (secondary N) is 1. The van der Waals surface area contributed by atoms with Crippen LogP contribution in [0.1, 0.15) is 309 Å². The molecule has 0 spiro atoms. The predicted octanol–water partition coefficient (Wildman–Crippen LogP) is 21.0. The number of rotatable bonds is 61. The molecule has 0 saturated heterocycles. The zero-order valence-corrected chi connectivity index (χ0v) is 53.0. The highest BCUT2D eigenvalue weighted by molar-refractivity contribution is 7.47. The van der Waals surface area contributed by atoms with Crippen molar-refractivity contribution in [2.75, 3.05) is 40.9 Å². The number of hydrogen-bond acceptors (Lipinski definition) is 5. The Labute approximate surface area is 484 Å². The van der Waals surface area contributed by atoms with Crippen LogP contribution in [0.3, 0.4) is 0 Å². The van der Waals surface area contributed by atoms with Crippen molar-refractivity contribution in [3.8, 4) is 0 Å². The molecule has 1 amide bonds. The fourth-order valence-corrected chi connectivity index (χ4v) is 10.4. The molecule has 0 aromatic carbocycles. The Morgan fingerprint density at radius 3 is 1.12 bits per heavy atom. The quantitative estimate of drug-likeness (QED) is 0.0243. The average molecular weight is 1110 g/mol. The van der Waals surface area contributed by atoms with E-state index in [1.54, 1.807) is 6.08 Å². The fourth-order valence-electron chi connectivity index (χ4n) is 9.67. The number of allylic oxidation sites excluding steroid dienone is 11. The molecule has 3 unspecified atom stereocenters. The van der Waals surface area contributed by atoms with Crippen LogP contribution in [0.2, 0.25) is 0 Å². The first kappa shape index (κ1) is 75.9. The molecule has 0 aliphatic rings. The Bertz CT molecular complexity index is 1500. The molecule has 0 rings (SSSR count). The van der Waals surface area contributed by atoms with Crippen LogP contribution < -0.4 is 5.32 Å². The minimum atomic E-state index is -4.36. The summed E-state index contributed by atoms with van der Waals surface area (Å²) in [5, 5.41) is 13.9. The maximum Gasteiger partial charge on any atom is 0.472 e. The molecule has 0 aromatic heterocycles. The highest BCUT2D eigenvalue weighted by atomic mass is 31.2. The summed E-state index contributed by atoms with van der Waals surface area (Å²) >= 11 is 0. The molecule has 0 heterocycles. The molecule has 8 nitrogen and oxygen atoms in total. The number of phosphoric ester groups is 1. The van der Waals surface area contributed by atoms with E-state index < -0.39 is 20.0 Å². The zero-order valence-electron chi connectivity index (χ0n) is 52.2. The van der Waals surface area contributed by atoms with Crippen LogP contribution in [0, 0.1) is 0 Å². The molecule has 0 fully saturated rings. The summed E-state index contributed by atoms with van der Waals surface area (Å²) in [6, 6.07) is -0.872. The van der Waals surface area contributed by atoms with E-state index in [2.05, 4.69) is 79.9 Å². The van der Waals surface area contributed by atoms with Crippen molar-refractivity contribution >= 4 is 13.7 Å². The van der Waals surface area contributed by atoms with E-state index in [9.17, 15) is 19.4 Å². The van der Waals surface area contributed by atoms with Crippen LogP contribution in [-0.4, -0.2) is 73.4 Å². The van der Waals surface area contributed by atoms with Gasteiger partial charge in [-0.1, -0.05) is 292 Å². The average Bonchev–Trinajstić information content (AvgIpc) is 3.41. The number of nitrogens with zero attached hydrogens (tertiary/aromatic N) is 1. The third kappa shape index (κ3) is 61.6. The number of aliphatic hydroxyl groups excluding tert-OH is 1. The maximum absolute atomic E-state index is 13.0. The van der Waals surface area contributed by atoms with E-state index in [4.69, 9.17) is 9.05 Å². The van der Waals surface area contributed by atoms with Crippen LogP contribution in [0.4, 0.5) is 0 Å². The van der Waals surface area contributed by atoms with Crippen molar-refractivity contribution in [3.05, 3.63) is 72.9 Å². The lowest BCUT2D eigenvalue weighted by atomic mass is 10.0. The van der Waals surface area contributed by atoms with Gasteiger partial charge >= 0.3 is 7.82 Å². The summed E-state index contributed by atoms with van der Waals surface area (Å²) in [5.41, 5.74) is 0. The number of likely N-dealkylation sites (N-methyl/N-ethyl adjacent to an activating group) is 1. The second-order valence-electron chi connectivity index (χ2n) is 23.8. The monoisotopic (exact) mass is 1110 g/mol. The van der Waals surface area contributed by atoms with Crippen molar-refractivity contribution in [1.29, 1.82) is 0 Å². The fraction of sp³-hybridized carbons (Fsp3) is 0.812. The summed E-state index contributed by atoms with van der Waals surface area (Å²) in [7, 11) is 1.55. The molecule has 78 heavy (non-hydrogen) atoms. The predicted molar refractivity (Wildman–Crippen MR) is 341 cm³/mol. The van der Waals surface area contributed by atoms with Crippen LogP contribution in [0.5, 0.6) is 0 Å². The third-order valence-corrected chi connectivity index (χ3v) is 15.9. The van der Waals surface area contributed by atoms with Gasteiger partial charge in [0.15, 0.2) is 0 Å². The Kier molecular flexibility index (Phi) is 58.0. The number of hydrogen-bond donors (Lipinski definition) is 3. The van der Waals surface area contributed by atoms with Crippen LogP contribution in [-0.2, 0) is 18.4 Å². The van der Waals surface area contributed by atoms with Gasteiger partial charge in [-0.05, 0) is 83.5 Å². The van der Waals surface area contributed by atoms with Crippen molar-refractivity contribution < 1.29 is 32.9 Å². The van der Waals surface area contributed by atoms with Gasteiger partial charge in [-0.2, -0.15) is 0 Å². The van der Waals surface area contributed by atoms with Gasteiger partial charge in [0, 0.05) is 6.42 Å². The topological polar surface area (TPSA) is 105 Å². The molecule has 3 atom stereocenters. The summed E-state index contributed by atoms with van der Waals surface area (Å²) in [6.45, 7) is 4.80. The largest absolute Gasteiger partial charge is 0.472 e. The Hall–Kier alpha value is -2.06. The second-order valence-corrected chi connectivity index (χ2v) is 25.3. The summed E-state index contributed by atoms with van der Waals surface area (Å²) < 4.78 is 23.7. The molecule has 0 saturated carbocycles. The third-order valence-electron chi connectivity index (χ3n) is 14.9. The first-order valence-electron chi connectivity index (χ1n) is 33.3. The molecule has 0 aliphatic carbocycles. The van der Waals surface area contributed by atoms with Gasteiger partial charge in [-0.15, -0.1) is 0 Å². The smallest absolute Gasteiger partial charge is 0.387 e. The number of aliphatic hydroxyl groups is 1. The van der Waals surface area contributed by atoms with E-state index >= 15 is 0 Å². The SMILES string of the molecule is CCCCCCC/C=C\C/C=C\C/C=C\CCCCCCCCCCCCCCCCCCCCCCCCC(=O)NC(COP(=O)(O)OCC[N+](C)(C)C)C(O)/C=C/CC/C=C/CC/C=C/CCCCCCCCCCC. The Morgan fingerprint density at radius 1 is 0.436 bits per heavy atom. The van der Waals surface area contributed by atoms with Gasteiger partial charge in [-0.3, -0.25) is 13.8 Å². The van der Waals surface area contributed by atoms with E-state index in [1.165, 1.54) is 231 Å².